The fourth-order valence-electron chi connectivity index (χ4n) is 3.64. The fourth-order valence-corrected chi connectivity index (χ4v) is 5.87. The second-order valence-electron chi connectivity index (χ2n) is 9.13. The van der Waals surface area contributed by atoms with Gasteiger partial charge < -0.3 is 28.4 Å². The molecule has 0 aliphatic carbocycles. The van der Waals surface area contributed by atoms with Gasteiger partial charge in [0.05, 0.1) is 15.4 Å². The van der Waals surface area contributed by atoms with Crippen LogP contribution in [0.2, 0.25) is 0 Å². The molecule has 0 amide bonds. The number of nitrogens with one attached hydrogen (secondary N) is 2. The first-order valence-corrected chi connectivity index (χ1v) is 14.5. The van der Waals surface area contributed by atoms with Gasteiger partial charge in [-0.1, -0.05) is 18.2 Å². The lowest BCUT2D eigenvalue weighted by molar-refractivity contribution is -0.161. The number of aromatic amines is 1. The van der Waals surface area contributed by atoms with E-state index in [4.69, 9.17) is 37.8 Å². The van der Waals surface area contributed by atoms with Gasteiger partial charge in [-0.2, -0.15) is 0 Å². The van der Waals surface area contributed by atoms with Gasteiger partial charge in [-0.05, 0) is 51.6 Å². The third kappa shape index (κ3) is 7.84. The van der Waals surface area contributed by atoms with E-state index in [9.17, 15) is 24.3 Å². The highest BCUT2D eigenvalue weighted by Crippen LogP contribution is 2.47. The molecule has 15 heteroatoms. The van der Waals surface area contributed by atoms with Crippen LogP contribution in [0.4, 0.5) is 0 Å². The number of rotatable bonds is 11. The summed E-state index contributed by atoms with van der Waals surface area (Å²) in [6.45, 7) is -0.0264. The molecule has 3 N–H and O–H groups in total. The molecule has 0 bridgehead atoms. The minimum Gasteiger partial charge on any atom is -0.462 e. The summed E-state index contributed by atoms with van der Waals surface area (Å²) in [4.78, 5) is 50.6. The number of H-pyrrole nitrogens is 1. The highest BCUT2D eigenvalue weighted by Gasteiger charge is 2.56. The van der Waals surface area contributed by atoms with Crippen molar-refractivity contribution >= 4 is 30.4 Å². The zero-order valence-electron chi connectivity index (χ0n) is 23.9. The standard InChI is InChI=1S/C24H32N3O10PS/c1-14(2)34-21(30)15(3)26-38(39,37-17-9-7-6-8-10-17)33-13-18-20(35-16(4)28)24(5,32)22(36-18)27-12-11-19(29)25-23(27)31/h6-12,14-15,18,20,22,32H,13H2,1-5H3,(H,26,39)(H,25,29,31)/t15-,18+,20+,22+,24+,38?/m0/s1/i13D2. The van der Waals surface area contributed by atoms with Gasteiger partial charge in [0.2, 0.25) is 0 Å². The number of benzene rings is 1. The number of hydrogen-bond donors (Lipinski definition) is 3. The number of hydrogen-bond acceptors (Lipinski definition) is 11. The molecule has 13 nitrogen and oxygen atoms in total. The van der Waals surface area contributed by atoms with Crippen molar-refractivity contribution in [1.29, 1.82) is 0 Å². The van der Waals surface area contributed by atoms with Crippen LogP contribution in [0.3, 0.4) is 0 Å². The molecule has 1 unspecified atom stereocenters. The largest absolute Gasteiger partial charge is 0.462 e. The number of aromatic nitrogens is 2. The molecule has 6 atom stereocenters. The Balaban J connectivity index is 2.02. The van der Waals surface area contributed by atoms with Crippen molar-refractivity contribution in [1.82, 2.24) is 14.6 Å². The monoisotopic (exact) mass is 587 g/mol. The Hall–Kier alpha value is -2.87. The Kier molecular flexibility index (Phi) is 8.90. The fraction of sp³-hybridized carbons (Fsp3) is 0.500. The highest BCUT2D eigenvalue weighted by molar-refractivity contribution is 8.09. The van der Waals surface area contributed by atoms with E-state index in [0.29, 0.717) is 0 Å². The first-order chi connectivity index (χ1) is 18.9. The number of ether oxygens (including phenoxy) is 3. The second kappa shape index (κ2) is 12.5. The van der Waals surface area contributed by atoms with Crippen LogP contribution >= 0.6 is 6.64 Å². The van der Waals surface area contributed by atoms with Crippen molar-refractivity contribution in [3.8, 4) is 5.75 Å². The summed E-state index contributed by atoms with van der Waals surface area (Å²) < 4.78 is 46.2. The maximum Gasteiger partial charge on any atom is 0.330 e. The van der Waals surface area contributed by atoms with Gasteiger partial charge in [0.25, 0.3) is 5.56 Å². The number of nitrogens with zero attached hydrogens (tertiary/aromatic N) is 1. The predicted molar refractivity (Wildman–Crippen MR) is 143 cm³/mol. The molecule has 1 aromatic heterocycles. The first kappa shape index (κ1) is 27.7. The Bertz CT molecular complexity index is 1420. The molecule has 214 valence electrons. The van der Waals surface area contributed by atoms with Crippen molar-refractivity contribution in [2.24, 2.45) is 0 Å². The predicted octanol–water partition coefficient (Wildman–Crippen LogP) is 1.37. The first-order valence-electron chi connectivity index (χ1n) is 12.9. The SMILES string of the molecule is [2H]C([2H])(OP(=S)(N[C@@H](C)C(=O)OC(C)C)Oc1ccccc1)[C@H]1O[C@@H](n2ccc(=O)[nH]c2=O)[C@](C)(O)[C@@H]1OC(C)=O. The van der Waals surface area contributed by atoms with Gasteiger partial charge in [-0.25, -0.2) is 9.88 Å². The zero-order valence-corrected chi connectivity index (χ0v) is 23.6. The van der Waals surface area contributed by atoms with Gasteiger partial charge in [0.1, 0.15) is 23.5 Å². The van der Waals surface area contributed by atoms with Crippen LogP contribution in [0.1, 0.15) is 43.6 Å². The van der Waals surface area contributed by atoms with E-state index in [2.05, 4.69) is 5.09 Å². The second-order valence-corrected chi connectivity index (χ2v) is 12.2. The van der Waals surface area contributed by atoms with Crippen LogP contribution in [-0.2, 0) is 40.1 Å². The number of esters is 2. The molecule has 0 spiro atoms. The van der Waals surface area contributed by atoms with Gasteiger partial charge in [-0.15, -0.1) is 0 Å². The summed E-state index contributed by atoms with van der Waals surface area (Å²) >= 11 is 5.61. The quantitative estimate of drug-likeness (QED) is 0.256. The van der Waals surface area contributed by atoms with Crippen molar-refractivity contribution in [3.63, 3.8) is 0 Å². The summed E-state index contributed by atoms with van der Waals surface area (Å²) in [7, 11) is 0. The summed E-state index contributed by atoms with van der Waals surface area (Å²) in [5.74, 6) is -1.40. The van der Waals surface area contributed by atoms with Crippen molar-refractivity contribution in [2.45, 2.75) is 70.8 Å². The number of aliphatic hydroxyl groups is 1. The van der Waals surface area contributed by atoms with Crippen LogP contribution in [0.5, 0.6) is 5.75 Å². The van der Waals surface area contributed by atoms with Crippen LogP contribution < -0.4 is 20.9 Å². The molecular formula is C24H32N3O10PS. The molecule has 1 aliphatic rings. The van der Waals surface area contributed by atoms with Crippen molar-refractivity contribution in [3.05, 3.63) is 63.4 Å². The maximum absolute atomic E-state index is 12.5. The molecule has 1 saturated heterocycles. The third-order valence-corrected chi connectivity index (χ3v) is 7.60. The number of para-hydroxylation sites is 1. The molecule has 2 heterocycles. The Morgan fingerprint density at radius 3 is 2.54 bits per heavy atom. The summed E-state index contributed by atoms with van der Waals surface area (Å²) in [5, 5.41) is 14.1. The maximum atomic E-state index is 12.5. The molecular weight excluding hydrogens is 553 g/mol. The van der Waals surface area contributed by atoms with Crippen LogP contribution in [0.15, 0.2) is 52.2 Å². The van der Waals surface area contributed by atoms with E-state index in [0.717, 1.165) is 30.7 Å². The van der Waals surface area contributed by atoms with Crippen LogP contribution in [-0.4, -0.2) is 63.1 Å². The summed E-state index contributed by atoms with van der Waals surface area (Å²) in [6.07, 6.45) is -4.66. The molecule has 0 radical (unpaired) electrons. The smallest absolute Gasteiger partial charge is 0.330 e. The molecule has 1 aromatic carbocycles. The van der Waals surface area contributed by atoms with Gasteiger partial charge in [-0.3, -0.25) is 23.9 Å². The topological polar surface area (TPSA) is 167 Å². The van der Waals surface area contributed by atoms with Crippen molar-refractivity contribution in [2.75, 3.05) is 6.56 Å². The minimum absolute atomic E-state index is 0.192. The van der Waals surface area contributed by atoms with E-state index in [1.807, 2.05) is 4.98 Å². The minimum atomic E-state index is -3.99. The number of carbonyl (C=O) groups is 2. The number of carbonyl (C=O) groups excluding carboxylic acids is 2. The van der Waals surface area contributed by atoms with E-state index in [1.165, 1.54) is 19.1 Å². The Morgan fingerprint density at radius 1 is 1.28 bits per heavy atom. The molecule has 3 rings (SSSR count). The van der Waals surface area contributed by atoms with E-state index in [-0.39, 0.29) is 5.75 Å². The zero-order chi connectivity index (χ0) is 30.8. The van der Waals surface area contributed by atoms with Crippen LogP contribution in [0, 0.1) is 0 Å². The average molecular weight is 588 g/mol. The lowest BCUT2D eigenvalue weighted by Gasteiger charge is -2.30. The summed E-state index contributed by atoms with van der Waals surface area (Å²) in [5.41, 5.74) is -3.89. The molecule has 1 fully saturated rings. The van der Waals surface area contributed by atoms with E-state index in [1.54, 1.807) is 32.0 Å². The molecule has 2 aromatic rings. The Morgan fingerprint density at radius 2 is 1.95 bits per heavy atom. The van der Waals surface area contributed by atoms with Crippen LogP contribution in [0.25, 0.3) is 0 Å². The normalized spacial score (nSPS) is 26.2. The van der Waals surface area contributed by atoms with E-state index >= 15 is 0 Å². The van der Waals surface area contributed by atoms with Gasteiger partial charge in [0, 0.05) is 19.2 Å². The highest BCUT2D eigenvalue weighted by atomic mass is 32.5. The molecule has 39 heavy (non-hydrogen) atoms. The molecule has 0 saturated carbocycles. The lowest BCUT2D eigenvalue weighted by atomic mass is 9.96. The van der Waals surface area contributed by atoms with Crippen molar-refractivity contribution < 1.29 is 40.7 Å². The van der Waals surface area contributed by atoms with Gasteiger partial charge in [0.15, 0.2) is 12.3 Å². The van der Waals surface area contributed by atoms with E-state index < -0.39 is 72.6 Å². The Labute approximate surface area is 232 Å². The average Bonchev–Trinajstić information content (AvgIpc) is 3.09. The lowest BCUT2D eigenvalue weighted by Crippen LogP contribution is -2.49. The van der Waals surface area contributed by atoms with Gasteiger partial charge >= 0.3 is 24.3 Å². The summed E-state index contributed by atoms with van der Waals surface area (Å²) in [6, 6.07) is 7.96. The third-order valence-electron chi connectivity index (χ3n) is 5.34. The molecule has 1 aliphatic heterocycles.